The fourth-order valence-electron chi connectivity index (χ4n) is 4.33. The van der Waals surface area contributed by atoms with Gasteiger partial charge in [-0.2, -0.15) is 5.10 Å². The van der Waals surface area contributed by atoms with Crippen molar-refractivity contribution < 1.29 is 9.59 Å². The van der Waals surface area contributed by atoms with Gasteiger partial charge in [0.05, 0.1) is 5.69 Å². The van der Waals surface area contributed by atoms with Gasteiger partial charge >= 0.3 is 0 Å². The zero-order chi connectivity index (χ0) is 21.1. The second-order valence-electron chi connectivity index (χ2n) is 8.22. The molecule has 0 saturated carbocycles. The van der Waals surface area contributed by atoms with Crippen molar-refractivity contribution in [1.29, 1.82) is 0 Å². The number of carbonyl (C=O) groups is 2. The number of carbonyl (C=O) groups excluding carboxylic acids is 2. The second kappa shape index (κ2) is 9.08. The van der Waals surface area contributed by atoms with Crippen LogP contribution >= 0.6 is 11.6 Å². The molecule has 1 atom stereocenters. The van der Waals surface area contributed by atoms with Crippen molar-refractivity contribution in [2.24, 2.45) is 5.92 Å². The van der Waals surface area contributed by atoms with Crippen molar-refractivity contribution in [2.45, 2.75) is 38.6 Å². The van der Waals surface area contributed by atoms with Crippen LogP contribution in [0.3, 0.4) is 0 Å². The van der Waals surface area contributed by atoms with Gasteiger partial charge in [-0.1, -0.05) is 23.7 Å². The summed E-state index contributed by atoms with van der Waals surface area (Å²) < 4.78 is 0. The van der Waals surface area contributed by atoms with Crippen LogP contribution < -0.4 is 10.2 Å². The molecule has 0 spiro atoms. The van der Waals surface area contributed by atoms with E-state index >= 15 is 0 Å². The van der Waals surface area contributed by atoms with Crippen LogP contribution in [0, 0.1) is 5.92 Å². The molecule has 2 aliphatic heterocycles. The molecule has 160 valence electrons. The van der Waals surface area contributed by atoms with Crippen LogP contribution in [0.1, 0.15) is 32.6 Å². The number of nitrogens with one attached hydrogen (secondary N) is 2. The average Bonchev–Trinajstić information content (AvgIpc) is 3.25. The lowest BCUT2D eigenvalue weighted by Gasteiger charge is -2.35. The number of hydrogen-bond donors (Lipinski definition) is 2. The SMILES string of the molecule is CC(=O)N1CCC(C(=O)N[C@H]2CCCN(c3cc(-c4ccc(Cl)cc4)[nH]n3)C2)CC1. The van der Waals surface area contributed by atoms with Crippen molar-refractivity contribution in [1.82, 2.24) is 20.4 Å². The normalized spacial score (nSPS) is 20.3. The minimum Gasteiger partial charge on any atom is -0.353 e. The van der Waals surface area contributed by atoms with E-state index in [0.717, 1.165) is 55.8 Å². The molecule has 4 rings (SSSR count). The number of piperidine rings is 2. The Balaban J connectivity index is 1.33. The van der Waals surface area contributed by atoms with Crippen molar-refractivity contribution in [3.8, 4) is 11.3 Å². The first kappa shape index (κ1) is 20.7. The van der Waals surface area contributed by atoms with Crippen molar-refractivity contribution >= 4 is 29.2 Å². The first-order chi connectivity index (χ1) is 14.5. The van der Waals surface area contributed by atoms with Gasteiger partial charge in [0.2, 0.25) is 11.8 Å². The summed E-state index contributed by atoms with van der Waals surface area (Å²) in [6, 6.07) is 9.83. The molecule has 0 unspecified atom stereocenters. The summed E-state index contributed by atoms with van der Waals surface area (Å²) in [5.74, 6) is 1.11. The third-order valence-corrected chi connectivity index (χ3v) is 6.37. The summed E-state index contributed by atoms with van der Waals surface area (Å²) >= 11 is 5.97. The topological polar surface area (TPSA) is 81.3 Å². The van der Waals surface area contributed by atoms with E-state index in [1.807, 2.05) is 35.2 Å². The summed E-state index contributed by atoms with van der Waals surface area (Å²) in [6.45, 7) is 4.61. The molecule has 0 aliphatic carbocycles. The van der Waals surface area contributed by atoms with E-state index in [1.54, 1.807) is 6.92 Å². The lowest BCUT2D eigenvalue weighted by atomic mass is 9.95. The quantitative estimate of drug-likeness (QED) is 0.782. The number of aromatic amines is 1. The minimum absolute atomic E-state index is 0.00197. The maximum Gasteiger partial charge on any atom is 0.223 e. The van der Waals surface area contributed by atoms with Gasteiger partial charge in [0.1, 0.15) is 0 Å². The van der Waals surface area contributed by atoms with Gasteiger partial charge < -0.3 is 15.1 Å². The Kier molecular flexibility index (Phi) is 6.27. The van der Waals surface area contributed by atoms with Gasteiger partial charge in [0.25, 0.3) is 0 Å². The van der Waals surface area contributed by atoms with E-state index in [2.05, 4.69) is 20.4 Å². The highest BCUT2D eigenvalue weighted by molar-refractivity contribution is 6.30. The maximum atomic E-state index is 12.7. The third-order valence-electron chi connectivity index (χ3n) is 6.12. The molecule has 0 bridgehead atoms. The van der Waals surface area contributed by atoms with E-state index in [-0.39, 0.29) is 23.8 Å². The van der Waals surface area contributed by atoms with Crippen molar-refractivity contribution in [2.75, 3.05) is 31.1 Å². The average molecular weight is 430 g/mol. The van der Waals surface area contributed by atoms with Crippen molar-refractivity contribution in [3.05, 3.63) is 35.4 Å². The zero-order valence-electron chi connectivity index (χ0n) is 17.2. The highest BCUT2D eigenvalue weighted by atomic mass is 35.5. The van der Waals surface area contributed by atoms with Crippen LogP contribution in [0.5, 0.6) is 0 Å². The number of anilines is 1. The molecule has 3 heterocycles. The molecule has 30 heavy (non-hydrogen) atoms. The fraction of sp³-hybridized carbons (Fsp3) is 0.500. The summed E-state index contributed by atoms with van der Waals surface area (Å²) in [4.78, 5) is 28.3. The van der Waals surface area contributed by atoms with Crippen LogP contribution in [-0.4, -0.2) is 59.1 Å². The molecule has 2 aliphatic rings. The fourth-order valence-corrected chi connectivity index (χ4v) is 4.46. The number of rotatable bonds is 4. The largest absolute Gasteiger partial charge is 0.353 e. The minimum atomic E-state index is -0.00197. The lowest BCUT2D eigenvalue weighted by Crippen LogP contribution is -2.50. The number of likely N-dealkylation sites (tertiary alicyclic amines) is 1. The number of benzene rings is 1. The van der Waals surface area contributed by atoms with E-state index in [4.69, 9.17) is 11.6 Å². The van der Waals surface area contributed by atoms with Crippen LogP contribution in [0.25, 0.3) is 11.3 Å². The number of H-pyrrole nitrogens is 1. The Morgan fingerprint density at radius 1 is 1.13 bits per heavy atom. The van der Waals surface area contributed by atoms with E-state index in [1.165, 1.54) is 0 Å². The lowest BCUT2D eigenvalue weighted by molar-refractivity contribution is -0.134. The molecule has 2 amide bonds. The molecule has 1 aromatic heterocycles. The zero-order valence-corrected chi connectivity index (χ0v) is 18.0. The summed E-state index contributed by atoms with van der Waals surface area (Å²) in [5.41, 5.74) is 1.99. The van der Waals surface area contributed by atoms with Gasteiger partial charge in [0, 0.05) is 56.2 Å². The molecule has 2 aromatic rings. The van der Waals surface area contributed by atoms with Crippen LogP contribution in [0.2, 0.25) is 5.02 Å². The summed E-state index contributed by atoms with van der Waals surface area (Å²) in [5, 5.41) is 11.5. The van der Waals surface area contributed by atoms with Gasteiger partial charge in [-0.3, -0.25) is 14.7 Å². The van der Waals surface area contributed by atoms with Gasteiger partial charge in [-0.05, 0) is 43.4 Å². The van der Waals surface area contributed by atoms with Gasteiger partial charge in [0.15, 0.2) is 5.82 Å². The Labute approximate surface area is 181 Å². The number of halogens is 1. The highest BCUT2D eigenvalue weighted by Crippen LogP contribution is 2.25. The predicted octanol–water partition coefficient (Wildman–Crippen LogP) is 3.07. The molecule has 2 N–H and O–H groups in total. The predicted molar refractivity (Wildman–Crippen MR) is 117 cm³/mol. The number of hydrogen-bond acceptors (Lipinski definition) is 4. The number of amides is 2. The van der Waals surface area contributed by atoms with Crippen LogP contribution in [0.15, 0.2) is 30.3 Å². The number of nitrogens with zero attached hydrogens (tertiary/aromatic N) is 3. The smallest absolute Gasteiger partial charge is 0.223 e. The molecule has 8 heteroatoms. The monoisotopic (exact) mass is 429 g/mol. The molecule has 2 saturated heterocycles. The maximum absolute atomic E-state index is 12.7. The van der Waals surface area contributed by atoms with Crippen LogP contribution in [0.4, 0.5) is 5.82 Å². The van der Waals surface area contributed by atoms with E-state index in [9.17, 15) is 9.59 Å². The summed E-state index contributed by atoms with van der Waals surface area (Å²) in [6.07, 6.45) is 3.47. The molecular formula is C22H28ClN5O2. The van der Waals surface area contributed by atoms with Crippen molar-refractivity contribution in [3.63, 3.8) is 0 Å². The molecule has 2 fully saturated rings. The Morgan fingerprint density at radius 2 is 1.87 bits per heavy atom. The Hall–Kier alpha value is -2.54. The van der Waals surface area contributed by atoms with Crippen LogP contribution in [-0.2, 0) is 9.59 Å². The molecule has 1 aromatic carbocycles. The standard InChI is InChI=1S/C22H28ClN5O2/c1-15(29)27-11-8-17(9-12-27)22(30)24-19-3-2-10-28(14-19)21-13-20(25-26-21)16-4-6-18(23)7-5-16/h4-7,13,17,19H,2-3,8-12,14H2,1H3,(H,24,30)(H,25,26)/t19-/m0/s1. The highest BCUT2D eigenvalue weighted by Gasteiger charge is 2.29. The second-order valence-corrected chi connectivity index (χ2v) is 8.66. The molecule has 0 radical (unpaired) electrons. The Bertz CT molecular complexity index is 889. The number of aromatic nitrogens is 2. The van der Waals surface area contributed by atoms with E-state index < -0.39 is 0 Å². The first-order valence-corrected chi connectivity index (χ1v) is 11.0. The third kappa shape index (κ3) is 4.78. The van der Waals surface area contributed by atoms with Gasteiger partial charge in [-0.25, -0.2) is 0 Å². The van der Waals surface area contributed by atoms with E-state index in [0.29, 0.717) is 18.1 Å². The first-order valence-electron chi connectivity index (χ1n) is 10.6. The summed E-state index contributed by atoms with van der Waals surface area (Å²) in [7, 11) is 0. The Morgan fingerprint density at radius 3 is 2.57 bits per heavy atom. The molecule has 7 nitrogen and oxygen atoms in total. The molecular weight excluding hydrogens is 402 g/mol. The van der Waals surface area contributed by atoms with Gasteiger partial charge in [-0.15, -0.1) is 0 Å².